The highest BCUT2D eigenvalue weighted by Crippen LogP contribution is 2.34. The van der Waals surface area contributed by atoms with Crippen molar-refractivity contribution in [3.05, 3.63) is 35.4 Å². The van der Waals surface area contributed by atoms with E-state index < -0.39 is 5.60 Å². The van der Waals surface area contributed by atoms with Crippen LogP contribution in [0, 0.1) is 0 Å². The van der Waals surface area contributed by atoms with Gasteiger partial charge < -0.3 is 20.5 Å². The van der Waals surface area contributed by atoms with Crippen LogP contribution < -0.4 is 11.1 Å². The fourth-order valence-corrected chi connectivity index (χ4v) is 3.68. The van der Waals surface area contributed by atoms with Gasteiger partial charge in [0.2, 0.25) is 0 Å². The number of hydrogen-bond donors (Lipinski definition) is 2. The van der Waals surface area contributed by atoms with Gasteiger partial charge >= 0.3 is 0 Å². The highest BCUT2D eigenvalue weighted by atomic mass is 127. The number of nitrogens with two attached hydrogens (primary N) is 1. The smallest absolute Gasteiger partial charge is 0.188 e. The summed E-state index contributed by atoms with van der Waals surface area (Å²) in [6.07, 6.45) is 5.84. The van der Waals surface area contributed by atoms with Crippen LogP contribution in [0.25, 0.3) is 0 Å². The first-order valence-corrected chi connectivity index (χ1v) is 8.51. The summed E-state index contributed by atoms with van der Waals surface area (Å²) in [6, 6.07) is 8.86. The molecule has 134 valence electrons. The average Bonchev–Trinajstić information content (AvgIpc) is 3.07. The van der Waals surface area contributed by atoms with Crippen LogP contribution in [0.1, 0.15) is 36.8 Å². The predicted molar refractivity (Wildman–Crippen MR) is 107 cm³/mol. The van der Waals surface area contributed by atoms with Crippen molar-refractivity contribution in [2.45, 2.75) is 43.7 Å². The number of ether oxygens (including phenoxy) is 2. The first-order chi connectivity index (χ1) is 11.2. The van der Waals surface area contributed by atoms with E-state index in [1.54, 1.807) is 7.11 Å². The zero-order chi connectivity index (χ0) is 16.1. The van der Waals surface area contributed by atoms with Gasteiger partial charge in [0.1, 0.15) is 5.60 Å². The van der Waals surface area contributed by atoms with E-state index in [0.29, 0.717) is 31.8 Å². The molecule has 2 aliphatic rings. The lowest BCUT2D eigenvalue weighted by Gasteiger charge is -2.37. The Kier molecular flexibility index (Phi) is 7.31. The average molecular weight is 445 g/mol. The Labute approximate surface area is 161 Å². The summed E-state index contributed by atoms with van der Waals surface area (Å²) >= 11 is 0. The summed E-state index contributed by atoms with van der Waals surface area (Å²) in [6.45, 7) is 1.64. The minimum atomic E-state index is -0.536. The van der Waals surface area contributed by atoms with Gasteiger partial charge in [-0.25, -0.2) is 4.99 Å². The number of guanidine groups is 1. The van der Waals surface area contributed by atoms with Crippen LogP contribution in [0.4, 0.5) is 0 Å². The van der Waals surface area contributed by atoms with Gasteiger partial charge in [0.05, 0.1) is 19.8 Å². The first kappa shape index (κ1) is 19.5. The molecule has 0 saturated heterocycles. The van der Waals surface area contributed by atoms with E-state index in [1.165, 1.54) is 36.8 Å². The summed E-state index contributed by atoms with van der Waals surface area (Å²) in [5, 5.41) is 3.33. The van der Waals surface area contributed by atoms with Crippen LogP contribution in [0.5, 0.6) is 0 Å². The Morgan fingerprint density at radius 1 is 1.38 bits per heavy atom. The van der Waals surface area contributed by atoms with Gasteiger partial charge in [-0.05, 0) is 30.4 Å². The van der Waals surface area contributed by atoms with E-state index in [0.717, 1.165) is 6.42 Å². The minimum absolute atomic E-state index is 0. The standard InChI is InChI=1S/C18H27N3O2.HI/c1-22-13-18(12-20-17(19)21-15-7-3-4-8-15)16-9-5-2-6-14(16)10-11-23-18;/h2,5-6,9,15H,3-4,7-8,10-13H2,1H3,(H3,19,20,21);1H. The number of fused-ring (bicyclic) bond motifs is 1. The van der Waals surface area contributed by atoms with Crippen LogP contribution in [-0.4, -0.2) is 38.9 Å². The molecular weight excluding hydrogens is 417 g/mol. The lowest BCUT2D eigenvalue weighted by atomic mass is 9.86. The number of halogens is 1. The molecule has 1 aromatic carbocycles. The van der Waals surface area contributed by atoms with Gasteiger partial charge in [-0.2, -0.15) is 0 Å². The topological polar surface area (TPSA) is 68.9 Å². The van der Waals surface area contributed by atoms with Crippen LogP contribution in [0.3, 0.4) is 0 Å². The Balaban J connectivity index is 0.00000208. The molecular formula is C18H28IN3O2. The number of rotatable bonds is 5. The normalized spacial score (nSPS) is 24.3. The van der Waals surface area contributed by atoms with Crippen LogP contribution in [0.15, 0.2) is 29.3 Å². The summed E-state index contributed by atoms with van der Waals surface area (Å²) in [7, 11) is 1.70. The van der Waals surface area contributed by atoms with E-state index in [-0.39, 0.29) is 24.0 Å². The zero-order valence-corrected chi connectivity index (χ0v) is 16.6. The second kappa shape index (κ2) is 9.01. The Morgan fingerprint density at radius 3 is 2.88 bits per heavy atom. The Morgan fingerprint density at radius 2 is 2.12 bits per heavy atom. The van der Waals surface area contributed by atoms with Gasteiger partial charge in [0.25, 0.3) is 0 Å². The van der Waals surface area contributed by atoms with Crippen molar-refractivity contribution in [1.82, 2.24) is 5.32 Å². The molecule has 1 aliphatic carbocycles. The highest BCUT2D eigenvalue weighted by molar-refractivity contribution is 14.0. The SMILES string of the molecule is COCC1(CN=C(N)NC2CCCC2)OCCc2ccccc21.I. The molecule has 5 nitrogen and oxygen atoms in total. The van der Waals surface area contributed by atoms with E-state index in [2.05, 4.69) is 28.5 Å². The molecule has 0 spiro atoms. The van der Waals surface area contributed by atoms with Gasteiger partial charge in [-0.3, -0.25) is 0 Å². The number of methoxy groups -OCH3 is 1. The Hall–Kier alpha value is -0.860. The molecule has 0 bridgehead atoms. The molecule has 1 aliphatic heterocycles. The molecule has 6 heteroatoms. The van der Waals surface area contributed by atoms with Crippen LogP contribution in [-0.2, 0) is 21.5 Å². The van der Waals surface area contributed by atoms with E-state index in [1.807, 2.05) is 6.07 Å². The highest BCUT2D eigenvalue weighted by Gasteiger charge is 2.38. The van der Waals surface area contributed by atoms with E-state index >= 15 is 0 Å². The molecule has 1 saturated carbocycles. The molecule has 0 aromatic heterocycles. The maximum Gasteiger partial charge on any atom is 0.188 e. The monoisotopic (exact) mass is 445 g/mol. The molecule has 1 atom stereocenters. The lowest BCUT2D eigenvalue weighted by molar-refractivity contribution is -0.0960. The fraction of sp³-hybridized carbons (Fsp3) is 0.611. The summed E-state index contributed by atoms with van der Waals surface area (Å²) in [5.41, 5.74) is 8.04. The van der Waals surface area contributed by atoms with Crippen molar-refractivity contribution in [2.24, 2.45) is 10.7 Å². The van der Waals surface area contributed by atoms with Gasteiger partial charge in [-0.15, -0.1) is 24.0 Å². The minimum Gasteiger partial charge on any atom is -0.381 e. The second-order valence-electron chi connectivity index (χ2n) is 6.51. The Bertz CT molecular complexity index is 561. The third-order valence-electron chi connectivity index (χ3n) is 4.85. The largest absolute Gasteiger partial charge is 0.381 e. The molecule has 3 rings (SSSR count). The zero-order valence-electron chi connectivity index (χ0n) is 14.3. The number of nitrogens with zero attached hydrogens (tertiary/aromatic N) is 1. The van der Waals surface area contributed by atoms with Crippen LogP contribution in [0.2, 0.25) is 0 Å². The first-order valence-electron chi connectivity index (χ1n) is 8.51. The number of aliphatic imine (C=N–C) groups is 1. The fourth-order valence-electron chi connectivity index (χ4n) is 3.68. The van der Waals surface area contributed by atoms with Crippen molar-refractivity contribution in [3.63, 3.8) is 0 Å². The molecule has 3 N–H and O–H groups in total. The predicted octanol–water partition coefficient (Wildman–Crippen LogP) is 2.57. The van der Waals surface area contributed by atoms with Crippen molar-refractivity contribution in [2.75, 3.05) is 26.9 Å². The quantitative estimate of drug-likeness (QED) is 0.416. The maximum atomic E-state index is 6.14. The second-order valence-corrected chi connectivity index (χ2v) is 6.51. The summed E-state index contributed by atoms with van der Waals surface area (Å²) in [4.78, 5) is 4.58. The van der Waals surface area contributed by atoms with Crippen molar-refractivity contribution >= 4 is 29.9 Å². The van der Waals surface area contributed by atoms with E-state index in [4.69, 9.17) is 15.2 Å². The van der Waals surface area contributed by atoms with E-state index in [9.17, 15) is 0 Å². The number of benzene rings is 1. The van der Waals surface area contributed by atoms with Gasteiger partial charge in [-0.1, -0.05) is 37.1 Å². The molecule has 1 aromatic rings. The molecule has 0 amide bonds. The van der Waals surface area contributed by atoms with Crippen LogP contribution >= 0.6 is 24.0 Å². The summed E-state index contributed by atoms with van der Waals surface area (Å²) < 4.78 is 11.6. The molecule has 1 heterocycles. The molecule has 1 fully saturated rings. The van der Waals surface area contributed by atoms with Gasteiger partial charge in [0.15, 0.2) is 5.96 Å². The molecule has 0 radical (unpaired) electrons. The number of nitrogens with one attached hydrogen (secondary N) is 1. The molecule has 1 unspecified atom stereocenters. The van der Waals surface area contributed by atoms with Gasteiger partial charge in [0, 0.05) is 13.2 Å². The third kappa shape index (κ3) is 4.40. The maximum absolute atomic E-state index is 6.14. The van der Waals surface area contributed by atoms with Crippen molar-refractivity contribution in [3.8, 4) is 0 Å². The molecule has 24 heavy (non-hydrogen) atoms. The van der Waals surface area contributed by atoms with Crippen molar-refractivity contribution < 1.29 is 9.47 Å². The van der Waals surface area contributed by atoms with Crippen molar-refractivity contribution in [1.29, 1.82) is 0 Å². The summed E-state index contributed by atoms with van der Waals surface area (Å²) in [5.74, 6) is 0.513. The lowest BCUT2D eigenvalue weighted by Crippen LogP contribution is -2.44. The number of hydrogen-bond acceptors (Lipinski definition) is 3. The third-order valence-corrected chi connectivity index (χ3v) is 4.85.